The van der Waals surface area contributed by atoms with Crippen LogP contribution in [-0.4, -0.2) is 106 Å². The SMILES string of the molecule is CC(OC(=O)OCC1COC(C)(C)O1)OC(=O)C1=C(C=O)CSC2C(NC(=O)C(=NOCF)c3nsc(N)n3)C(=O)N12. The topological polar surface area (TPSA) is 220 Å². The van der Waals surface area contributed by atoms with Crippen LogP contribution in [0, 0.1) is 0 Å². The second-order valence-electron chi connectivity index (χ2n) is 9.09. The molecule has 1 aromatic heterocycles. The largest absolute Gasteiger partial charge is 0.511 e. The van der Waals surface area contributed by atoms with Crippen molar-refractivity contribution in [3.05, 3.63) is 17.1 Å². The van der Waals surface area contributed by atoms with Crippen LogP contribution in [0.3, 0.4) is 0 Å². The van der Waals surface area contributed by atoms with Crippen molar-refractivity contribution >= 4 is 64.4 Å². The fraction of sp³-hybridized carbons (Fsp3) is 0.545. The highest BCUT2D eigenvalue weighted by Crippen LogP contribution is 2.40. The van der Waals surface area contributed by atoms with E-state index >= 15 is 0 Å². The lowest BCUT2D eigenvalue weighted by molar-refractivity contribution is -0.170. The Labute approximate surface area is 245 Å². The Kier molecular flexibility index (Phi) is 9.59. The number of alkyl halides is 1. The van der Waals surface area contributed by atoms with E-state index in [1.807, 2.05) is 0 Å². The Bertz CT molecular complexity index is 1320. The highest BCUT2D eigenvalue weighted by atomic mass is 32.2. The number of oxime groups is 1. The predicted octanol–water partition coefficient (Wildman–Crippen LogP) is -0.185. The van der Waals surface area contributed by atoms with Gasteiger partial charge in [-0.05, 0) is 13.8 Å². The molecule has 0 spiro atoms. The minimum absolute atomic E-state index is 0.00195. The Morgan fingerprint density at radius 1 is 1.36 bits per heavy atom. The van der Waals surface area contributed by atoms with Crippen molar-refractivity contribution in [2.24, 2.45) is 5.16 Å². The van der Waals surface area contributed by atoms with E-state index in [1.54, 1.807) is 13.8 Å². The van der Waals surface area contributed by atoms with E-state index in [0.29, 0.717) is 6.29 Å². The zero-order valence-electron chi connectivity index (χ0n) is 22.3. The van der Waals surface area contributed by atoms with E-state index in [4.69, 9.17) is 29.4 Å². The molecule has 228 valence electrons. The lowest BCUT2D eigenvalue weighted by Gasteiger charge is -2.49. The highest BCUT2D eigenvalue weighted by molar-refractivity contribution is 8.00. The molecule has 0 aliphatic carbocycles. The van der Waals surface area contributed by atoms with E-state index in [1.165, 1.54) is 6.92 Å². The highest BCUT2D eigenvalue weighted by Gasteiger charge is 2.55. The number of aromatic nitrogens is 2. The molecule has 3 N–H and O–H groups in total. The minimum Gasteiger partial charge on any atom is -0.431 e. The average Bonchev–Trinajstić information content (AvgIpc) is 3.53. The molecule has 3 aliphatic heterocycles. The van der Waals surface area contributed by atoms with Gasteiger partial charge in [-0.3, -0.25) is 19.3 Å². The number of rotatable bonds is 11. The number of ether oxygens (including phenoxy) is 5. The number of carbonyl (C=O) groups excluding carboxylic acids is 5. The number of fused-ring (bicyclic) bond motifs is 1. The lowest BCUT2D eigenvalue weighted by Crippen LogP contribution is -2.71. The van der Waals surface area contributed by atoms with Crippen molar-refractivity contribution in [2.75, 3.05) is 31.6 Å². The number of nitrogens with one attached hydrogen (secondary N) is 1. The fourth-order valence-corrected chi connectivity index (χ4v) is 5.67. The summed E-state index contributed by atoms with van der Waals surface area (Å²) in [5.41, 5.74) is 4.56. The number of aldehydes is 1. The second kappa shape index (κ2) is 13.0. The summed E-state index contributed by atoms with van der Waals surface area (Å²) in [6.07, 6.45) is -2.74. The summed E-state index contributed by atoms with van der Waals surface area (Å²) in [6.45, 7) is 3.32. The van der Waals surface area contributed by atoms with Crippen LogP contribution < -0.4 is 11.1 Å². The van der Waals surface area contributed by atoms with Gasteiger partial charge in [0, 0.05) is 29.8 Å². The molecule has 4 unspecified atom stereocenters. The van der Waals surface area contributed by atoms with E-state index in [-0.39, 0.29) is 41.2 Å². The Morgan fingerprint density at radius 2 is 2.12 bits per heavy atom. The molecule has 0 bridgehead atoms. The van der Waals surface area contributed by atoms with Gasteiger partial charge in [-0.25, -0.2) is 14.0 Å². The molecule has 2 saturated heterocycles. The lowest BCUT2D eigenvalue weighted by atomic mass is 10.0. The number of amides is 2. The molecule has 0 radical (unpaired) electrons. The molecular weight excluding hydrogens is 607 g/mol. The first-order chi connectivity index (χ1) is 19.9. The van der Waals surface area contributed by atoms with E-state index in [9.17, 15) is 28.4 Å². The third kappa shape index (κ3) is 6.94. The summed E-state index contributed by atoms with van der Waals surface area (Å²) in [7, 11) is 0. The maximum absolute atomic E-state index is 13.0. The standard InChI is InChI=1S/C22H25FN6O11S2/c1-9(39-21(34)35-5-11-6-36-22(2,3)40-11)38-19(33)14-10(4-30)7-41-18-13(17(32)29(14)18)25-16(31)12(27-37-8-23)15-26-20(24)42-28-15/h4,9,11,13,18H,5-8H2,1-3H3,(H,25,31)(H2,24,26,28). The van der Waals surface area contributed by atoms with Crippen LogP contribution in [0.5, 0.6) is 0 Å². The fourth-order valence-electron chi connectivity index (χ4n) is 3.94. The monoisotopic (exact) mass is 632 g/mol. The number of halogens is 1. The van der Waals surface area contributed by atoms with Crippen LogP contribution in [0.4, 0.5) is 14.3 Å². The van der Waals surface area contributed by atoms with E-state index in [2.05, 4.69) is 24.7 Å². The number of nitrogens with two attached hydrogens (primary N) is 1. The Morgan fingerprint density at radius 3 is 2.74 bits per heavy atom. The normalized spacial score (nSPS) is 23.8. The number of hydrogen-bond donors (Lipinski definition) is 2. The number of carbonyl (C=O) groups is 5. The molecule has 2 fully saturated rings. The van der Waals surface area contributed by atoms with Gasteiger partial charge < -0.3 is 39.6 Å². The number of anilines is 1. The van der Waals surface area contributed by atoms with Crippen LogP contribution >= 0.6 is 23.3 Å². The molecular formula is C22H25FN6O11S2. The summed E-state index contributed by atoms with van der Waals surface area (Å²) in [4.78, 5) is 71.7. The predicted molar refractivity (Wildman–Crippen MR) is 139 cm³/mol. The molecule has 2 amide bonds. The first kappa shape index (κ1) is 31.1. The smallest absolute Gasteiger partial charge is 0.431 e. The first-order valence-corrected chi connectivity index (χ1v) is 13.9. The van der Waals surface area contributed by atoms with Crippen molar-refractivity contribution in [1.82, 2.24) is 19.6 Å². The summed E-state index contributed by atoms with van der Waals surface area (Å²) >= 11 is 1.83. The maximum Gasteiger partial charge on any atom is 0.511 e. The molecule has 0 aromatic carbocycles. The number of β-lactam (4-membered cyclic amide) rings is 1. The van der Waals surface area contributed by atoms with Crippen LogP contribution in [0.1, 0.15) is 26.6 Å². The van der Waals surface area contributed by atoms with Crippen LogP contribution in [-0.2, 0) is 47.7 Å². The first-order valence-electron chi connectivity index (χ1n) is 12.1. The van der Waals surface area contributed by atoms with E-state index in [0.717, 1.165) is 28.2 Å². The molecule has 42 heavy (non-hydrogen) atoms. The molecule has 3 aliphatic rings. The van der Waals surface area contributed by atoms with E-state index < -0.39 is 66.1 Å². The second-order valence-corrected chi connectivity index (χ2v) is 11.0. The van der Waals surface area contributed by atoms with Crippen molar-refractivity contribution in [2.45, 2.75) is 50.4 Å². The summed E-state index contributed by atoms with van der Waals surface area (Å²) in [6, 6.07) is -1.18. The summed E-state index contributed by atoms with van der Waals surface area (Å²) < 4.78 is 42.3. The summed E-state index contributed by atoms with van der Waals surface area (Å²) in [5.74, 6) is -3.95. The molecule has 4 rings (SSSR count). The van der Waals surface area contributed by atoms with Gasteiger partial charge in [0.25, 0.3) is 18.7 Å². The number of esters is 1. The molecule has 1 aromatic rings. The minimum atomic E-state index is -1.46. The molecule has 4 atom stereocenters. The molecule has 20 heteroatoms. The third-order valence-corrected chi connectivity index (χ3v) is 7.53. The van der Waals surface area contributed by atoms with Gasteiger partial charge >= 0.3 is 12.1 Å². The quantitative estimate of drug-likeness (QED) is 0.0806. The number of nitrogen functional groups attached to an aromatic ring is 1. The van der Waals surface area contributed by atoms with Crippen LogP contribution in [0.15, 0.2) is 16.4 Å². The van der Waals surface area contributed by atoms with Gasteiger partial charge in [0.15, 0.2) is 10.9 Å². The molecule has 0 saturated carbocycles. The Balaban J connectivity index is 1.36. The zero-order valence-corrected chi connectivity index (χ0v) is 23.9. The average molecular weight is 633 g/mol. The van der Waals surface area contributed by atoms with Crippen LogP contribution in [0.25, 0.3) is 0 Å². The zero-order chi connectivity index (χ0) is 30.6. The van der Waals surface area contributed by atoms with Gasteiger partial charge in [-0.2, -0.15) is 9.36 Å². The molecule has 4 heterocycles. The van der Waals surface area contributed by atoms with Crippen molar-refractivity contribution in [1.29, 1.82) is 0 Å². The van der Waals surface area contributed by atoms with Gasteiger partial charge in [0.05, 0.1) is 6.61 Å². The summed E-state index contributed by atoms with van der Waals surface area (Å²) in [5, 5.41) is 4.95. The van der Waals surface area contributed by atoms with Crippen molar-refractivity contribution < 1.29 is 56.9 Å². The van der Waals surface area contributed by atoms with Crippen molar-refractivity contribution in [3.63, 3.8) is 0 Å². The Hall–Kier alpha value is -3.88. The van der Waals surface area contributed by atoms with Gasteiger partial charge in [0.2, 0.25) is 17.8 Å². The molecule has 17 nitrogen and oxygen atoms in total. The van der Waals surface area contributed by atoms with Gasteiger partial charge in [-0.1, -0.05) is 5.16 Å². The van der Waals surface area contributed by atoms with Gasteiger partial charge in [-0.15, -0.1) is 11.8 Å². The number of nitrogens with zero attached hydrogens (tertiary/aromatic N) is 4. The van der Waals surface area contributed by atoms with Gasteiger partial charge in [0.1, 0.15) is 36.1 Å². The number of thioether (sulfide) groups is 1. The third-order valence-electron chi connectivity index (χ3n) is 5.68. The number of hydrogen-bond acceptors (Lipinski definition) is 17. The van der Waals surface area contributed by atoms with Crippen LogP contribution in [0.2, 0.25) is 0 Å². The van der Waals surface area contributed by atoms with Crippen molar-refractivity contribution in [3.8, 4) is 0 Å². The maximum atomic E-state index is 13.0.